The van der Waals surface area contributed by atoms with Gasteiger partial charge in [-0.2, -0.15) is 5.26 Å². The Morgan fingerprint density at radius 1 is 1.61 bits per heavy atom. The molecule has 0 unspecified atom stereocenters. The zero-order valence-electron chi connectivity index (χ0n) is 12.6. The lowest BCUT2D eigenvalue weighted by molar-refractivity contribution is -0.124. The normalized spacial score (nSPS) is 21.1. The van der Waals surface area contributed by atoms with Crippen LogP contribution in [0.2, 0.25) is 0 Å². The summed E-state index contributed by atoms with van der Waals surface area (Å²) in [7, 11) is 0. The van der Waals surface area contributed by atoms with Crippen LogP contribution in [0.4, 0.5) is 0 Å². The van der Waals surface area contributed by atoms with Crippen molar-refractivity contribution in [2.45, 2.75) is 30.6 Å². The van der Waals surface area contributed by atoms with E-state index >= 15 is 0 Å². The van der Waals surface area contributed by atoms with Gasteiger partial charge in [-0.15, -0.1) is 23.2 Å². The van der Waals surface area contributed by atoms with Gasteiger partial charge in [-0.05, 0) is 37.2 Å². The van der Waals surface area contributed by atoms with Gasteiger partial charge in [-0.25, -0.2) is 0 Å². The molecule has 1 aliphatic carbocycles. The smallest absolute Gasteiger partial charge is 0.235 e. The monoisotopic (exact) mass is 370 g/mol. The molecule has 0 saturated heterocycles. The predicted octanol–water partition coefficient (Wildman–Crippen LogP) is 2.78. The van der Waals surface area contributed by atoms with Crippen LogP contribution in [0, 0.1) is 16.7 Å². The van der Waals surface area contributed by atoms with Crippen molar-refractivity contribution in [1.29, 1.82) is 5.26 Å². The lowest BCUT2D eigenvalue weighted by atomic mass is 10.1. The van der Waals surface area contributed by atoms with Crippen molar-refractivity contribution in [2.75, 3.05) is 6.54 Å². The summed E-state index contributed by atoms with van der Waals surface area (Å²) in [5, 5.41) is 11.7. The van der Waals surface area contributed by atoms with Gasteiger partial charge in [0.15, 0.2) is 5.11 Å². The predicted molar refractivity (Wildman–Crippen MR) is 92.8 cm³/mol. The second-order valence-corrected chi connectivity index (χ2v) is 7.53. The van der Waals surface area contributed by atoms with Gasteiger partial charge < -0.3 is 10.2 Å². The molecule has 0 spiro atoms. The van der Waals surface area contributed by atoms with Crippen molar-refractivity contribution in [3.05, 3.63) is 30.1 Å². The molecule has 1 saturated carbocycles. The molecule has 2 rings (SSSR count). The van der Waals surface area contributed by atoms with Crippen molar-refractivity contribution in [2.24, 2.45) is 5.41 Å². The Morgan fingerprint density at radius 2 is 2.30 bits per heavy atom. The molecule has 0 radical (unpaired) electrons. The SMILES string of the molecule is C[C@]1(C(=O)NC(=S)N(CCC#N)Cc2cccnc2)CC1(Cl)Cl. The number of pyridine rings is 1. The molecule has 1 atom stereocenters. The Labute approximate surface area is 150 Å². The number of rotatable bonds is 5. The Kier molecular flexibility index (Phi) is 5.45. The van der Waals surface area contributed by atoms with Crippen LogP contribution in [0.1, 0.15) is 25.3 Å². The molecule has 122 valence electrons. The number of nitrogens with one attached hydrogen (secondary N) is 1. The summed E-state index contributed by atoms with van der Waals surface area (Å²) >= 11 is 17.3. The highest BCUT2D eigenvalue weighted by atomic mass is 35.5. The average Bonchev–Trinajstić information content (AvgIpc) is 3.04. The molecule has 23 heavy (non-hydrogen) atoms. The molecule has 0 bridgehead atoms. The van der Waals surface area contributed by atoms with Crippen LogP contribution in [-0.2, 0) is 11.3 Å². The maximum Gasteiger partial charge on any atom is 0.235 e. The number of hydrogen-bond donors (Lipinski definition) is 1. The van der Waals surface area contributed by atoms with Gasteiger partial charge in [0.1, 0.15) is 4.33 Å². The summed E-state index contributed by atoms with van der Waals surface area (Å²) in [6.45, 7) is 2.57. The van der Waals surface area contributed by atoms with Crippen LogP contribution in [0.25, 0.3) is 0 Å². The van der Waals surface area contributed by atoms with E-state index in [4.69, 9.17) is 40.7 Å². The highest BCUT2D eigenvalue weighted by molar-refractivity contribution is 7.80. The summed E-state index contributed by atoms with van der Waals surface area (Å²) in [6, 6.07) is 5.80. The van der Waals surface area contributed by atoms with Crippen molar-refractivity contribution in [3.63, 3.8) is 0 Å². The summed E-state index contributed by atoms with van der Waals surface area (Å²) in [4.78, 5) is 18.1. The van der Waals surface area contributed by atoms with Gasteiger partial charge >= 0.3 is 0 Å². The molecule has 1 amide bonds. The number of amides is 1. The first-order valence-corrected chi connectivity index (χ1v) is 8.20. The van der Waals surface area contributed by atoms with E-state index < -0.39 is 9.75 Å². The quantitative estimate of drug-likeness (QED) is 0.637. The first-order valence-electron chi connectivity index (χ1n) is 7.04. The van der Waals surface area contributed by atoms with E-state index in [-0.39, 0.29) is 11.0 Å². The van der Waals surface area contributed by atoms with Gasteiger partial charge in [0.2, 0.25) is 5.91 Å². The van der Waals surface area contributed by atoms with E-state index in [0.717, 1.165) is 5.56 Å². The Balaban J connectivity index is 2.02. The van der Waals surface area contributed by atoms with Gasteiger partial charge in [0, 0.05) is 25.5 Å². The molecule has 0 aromatic carbocycles. The third kappa shape index (κ3) is 4.11. The summed E-state index contributed by atoms with van der Waals surface area (Å²) in [5.41, 5.74) is 0.0961. The fraction of sp³-hybridized carbons (Fsp3) is 0.467. The zero-order chi connectivity index (χ0) is 17.1. The number of aromatic nitrogens is 1. The van der Waals surface area contributed by atoms with Crippen molar-refractivity contribution in [3.8, 4) is 6.07 Å². The minimum Gasteiger partial charge on any atom is -0.344 e. The number of halogens is 2. The number of carbonyl (C=O) groups excluding carboxylic acids is 1. The van der Waals surface area contributed by atoms with Crippen molar-refractivity contribution >= 4 is 46.4 Å². The number of alkyl halides is 2. The van der Waals surface area contributed by atoms with Gasteiger partial charge in [-0.1, -0.05) is 6.07 Å². The minimum atomic E-state index is -1.05. The molecule has 1 fully saturated rings. The van der Waals surface area contributed by atoms with E-state index in [2.05, 4.69) is 16.4 Å². The summed E-state index contributed by atoms with van der Waals surface area (Å²) in [5.74, 6) is -0.305. The molecule has 0 aliphatic heterocycles. The van der Waals surface area contributed by atoms with Crippen LogP contribution in [-0.4, -0.2) is 31.8 Å². The van der Waals surface area contributed by atoms with Gasteiger partial charge in [0.05, 0.1) is 17.9 Å². The lowest BCUT2D eigenvalue weighted by Gasteiger charge is -2.25. The van der Waals surface area contributed by atoms with E-state index in [1.165, 1.54) is 0 Å². The third-order valence-electron chi connectivity index (χ3n) is 3.86. The maximum atomic E-state index is 12.3. The van der Waals surface area contributed by atoms with Crippen molar-refractivity contribution < 1.29 is 4.79 Å². The highest BCUT2D eigenvalue weighted by Gasteiger charge is 2.68. The number of nitriles is 1. The topological polar surface area (TPSA) is 69.0 Å². The van der Waals surface area contributed by atoms with E-state index in [1.54, 1.807) is 24.2 Å². The third-order valence-corrected chi connectivity index (χ3v) is 5.32. The maximum absolute atomic E-state index is 12.3. The molecular formula is C15H16Cl2N4OS. The Hall–Kier alpha value is -1.42. The molecular weight excluding hydrogens is 355 g/mol. The fourth-order valence-corrected chi connectivity index (χ4v) is 3.06. The number of nitrogens with zero attached hydrogens (tertiary/aromatic N) is 3. The van der Waals surface area contributed by atoms with E-state index in [9.17, 15) is 4.79 Å². The van der Waals surface area contributed by atoms with E-state index in [0.29, 0.717) is 25.9 Å². The molecule has 1 aromatic heterocycles. The molecule has 1 aliphatic rings. The van der Waals surface area contributed by atoms with Gasteiger partial charge in [-0.3, -0.25) is 9.78 Å². The molecule has 1 aromatic rings. The van der Waals surface area contributed by atoms with Crippen LogP contribution in [0.5, 0.6) is 0 Å². The number of carbonyl (C=O) groups is 1. The lowest BCUT2D eigenvalue weighted by Crippen LogP contribution is -2.45. The first kappa shape index (κ1) is 17.9. The number of hydrogen-bond acceptors (Lipinski definition) is 4. The van der Waals surface area contributed by atoms with Gasteiger partial charge in [0.25, 0.3) is 0 Å². The average molecular weight is 371 g/mol. The highest BCUT2D eigenvalue weighted by Crippen LogP contribution is 2.63. The summed E-state index contributed by atoms with van der Waals surface area (Å²) < 4.78 is -1.05. The van der Waals surface area contributed by atoms with Crippen LogP contribution in [0.3, 0.4) is 0 Å². The molecule has 8 heteroatoms. The molecule has 1 N–H and O–H groups in total. The second-order valence-electron chi connectivity index (χ2n) is 5.66. The van der Waals surface area contributed by atoms with Crippen LogP contribution in [0.15, 0.2) is 24.5 Å². The molecule has 1 heterocycles. The number of thiocarbonyl (C=S) groups is 1. The van der Waals surface area contributed by atoms with Crippen LogP contribution < -0.4 is 5.32 Å². The second kappa shape index (κ2) is 7.00. The van der Waals surface area contributed by atoms with Crippen LogP contribution >= 0.6 is 35.4 Å². The summed E-state index contributed by atoms with van der Waals surface area (Å²) in [6.07, 6.45) is 4.08. The molecule has 5 nitrogen and oxygen atoms in total. The minimum absolute atomic E-state index is 0.256. The Bertz CT molecular complexity index is 647. The van der Waals surface area contributed by atoms with Crippen molar-refractivity contribution in [1.82, 2.24) is 15.2 Å². The van der Waals surface area contributed by atoms with E-state index in [1.807, 2.05) is 12.1 Å². The first-order chi connectivity index (χ1) is 10.8. The fourth-order valence-electron chi connectivity index (χ4n) is 2.11. The largest absolute Gasteiger partial charge is 0.344 e. The zero-order valence-corrected chi connectivity index (χ0v) is 14.9. The Morgan fingerprint density at radius 3 is 2.83 bits per heavy atom. The standard InChI is InChI=1S/C15H16Cl2N4OS/c1-14(10-15(14,16)17)12(22)20-13(23)21(7-3-5-18)9-11-4-2-6-19-8-11/h2,4,6,8H,3,7,9-10H2,1H3,(H,20,22,23)/t14-/m1/s1.